The van der Waals surface area contributed by atoms with E-state index in [1.807, 2.05) is 37.2 Å². The zero-order valence-electron chi connectivity index (χ0n) is 12.0. The van der Waals surface area contributed by atoms with Gasteiger partial charge in [0.25, 0.3) is 5.91 Å². The van der Waals surface area contributed by atoms with Gasteiger partial charge in [-0.1, -0.05) is 6.07 Å². The summed E-state index contributed by atoms with van der Waals surface area (Å²) in [6.07, 6.45) is 3.32. The zero-order valence-corrected chi connectivity index (χ0v) is 12.0. The van der Waals surface area contributed by atoms with Crippen molar-refractivity contribution in [2.75, 3.05) is 27.2 Å². The number of amides is 1. The lowest BCUT2D eigenvalue weighted by molar-refractivity contribution is 0.0326. The number of carbonyl (C=O) groups is 1. The number of carbonyl (C=O) groups excluding carboxylic acids is 1. The molecule has 2 rings (SSSR count). The second kappa shape index (κ2) is 5.60. The summed E-state index contributed by atoms with van der Waals surface area (Å²) >= 11 is 0. The third-order valence-electron chi connectivity index (χ3n) is 2.96. The van der Waals surface area contributed by atoms with Crippen molar-refractivity contribution in [2.45, 2.75) is 12.5 Å². The third kappa shape index (κ3) is 3.34. The molecule has 0 bridgehead atoms. The molecule has 1 atom stereocenters. The van der Waals surface area contributed by atoms with Crippen LogP contribution in [0.15, 0.2) is 30.6 Å². The van der Waals surface area contributed by atoms with Crippen LogP contribution < -0.4 is 5.32 Å². The van der Waals surface area contributed by atoms with Crippen molar-refractivity contribution in [1.82, 2.24) is 19.8 Å². The first-order chi connectivity index (χ1) is 9.39. The van der Waals surface area contributed by atoms with E-state index in [2.05, 4.69) is 10.4 Å². The van der Waals surface area contributed by atoms with E-state index < -0.39 is 5.60 Å². The van der Waals surface area contributed by atoms with Gasteiger partial charge in [0, 0.05) is 19.3 Å². The Balaban J connectivity index is 2.06. The number of nitrogens with zero attached hydrogens (tertiary/aromatic N) is 3. The predicted octanol–water partition coefficient (Wildman–Crippen LogP) is 0.377. The van der Waals surface area contributed by atoms with Gasteiger partial charge in [-0.3, -0.25) is 4.79 Å². The van der Waals surface area contributed by atoms with Crippen LogP contribution in [-0.4, -0.2) is 58.3 Å². The molecule has 0 aromatic carbocycles. The van der Waals surface area contributed by atoms with Crippen molar-refractivity contribution >= 4 is 11.4 Å². The highest BCUT2D eigenvalue weighted by atomic mass is 16.3. The van der Waals surface area contributed by atoms with Gasteiger partial charge < -0.3 is 15.3 Å². The van der Waals surface area contributed by atoms with Gasteiger partial charge in [-0.05, 0) is 33.2 Å². The largest absolute Gasteiger partial charge is 0.387 e. The van der Waals surface area contributed by atoms with E-state index in [1.165, 1.54) is 6.20 Å². The third-order valence-corrected chi connectivity index (χ3v) is 2.96. The Kier molecular flexibility index (Phi) is 4.06. The minimum absolute atomic E-state index is 0.189. The summed E-state index contributed by atoms with van der Waals surface area (Å²) in [5.74, 6) is -0.231. The van der Waals surface area contributed by atoms with Gasteiger partial charge in [-0.25, -0.2) is 4.52 Å². The molecule has 0 radical (unpaired) electrons. The van der Waals surface area contributed by atoms with E-state index >= 15 is 0 Å². The van der Waals surface area contributed by atoms with Crippen molar-refractivity contribution < 1.29 is 9.90 Å². The average Bonchev–Trinajstić information content (AvgIpc) is 2.78. The van der Waals surface area contributed by atoms with Crippen LogP contribution in [0.25, 0.3) is 5.52 Å². The normalized spacial score (nSPS) is 14.4. The summed E-state index contributed by atoms with van der Waals surface area (Å²) in [4.78, 5) is 14.0. The Labute approximate surface area is 118 Å². The van der Waals surface area contributed by atoms with E-state index in [9.17, 15) is 9.90 Å². The summed E-state index contributed by atoms with van der Waals surface area (Å²) in [6, 6.07) is 5.54. The van der Waals surface area contributed by atoms with Crippen LogP contribution in [0.2, 0.25) is 0 Å². The number of aromatic nitrogens is 2. The molecule has 0 aliphatic heterocycles. The molecule has 2 aromatic heterocycles. The smallest absolute Gasteiger partial charge is 0.255 e. The van der Waals surface area contributed by atoms with Crippen LogP contribution in [-0.2, 0) is 0 Å². The van der Waals surface area contributed by atoms with Gasteiger partial charge in [-0.2, -0.15) is 5.10 Å². The standard InChI is InChI=1S/C14H20N4O2/c1-14(20,10-17(2)3)9-15-13(19)11-8-16-18-7-5-4-6-12(11)18/h4-8,20H,9-10H2,1-3H3,(H,15,19). The fraction of sp³-hybridized carbons (Fsp3) is 0.429. The number of aliphatic hydroxyl groups is 1. The number of likely N-dealkylation sites (N-methyl/N-ethyl adjacent to an activating group) is 1. The molecule has 0 saturated carbocycles. The Morgan fingerprint density at radius 1 is 1.50 bits per heavy atom. The van der Waals surface area contributed by atoms with Crippen LogP contribution in [0.1, 0.15) is 17.3 Å². The Bertz CT molecular complexity index is 604. The fourth-order valence-electron chi connectivity index (χ4n) is 2.21. The minimum atomic E-state index is -0.970. The molecule has 20 heavy (non-hydrogen) atoms. The quantitative estimate of drug-likeness (QED) is 0.828. The molecule has 1 unspecified atom stereocenters. The maximum Gasteiger partial charge on any atom is 0.255 e. The second-order valence-corrected chi connectivity index (χ2v) is 5.51. The van der Waals surface area contributed by atoms with Crippen LogP contribution >= 0.6 is 0 Å². The van der Waals surface area contributed by atoms with E-state index in [-0.39, 0.29) is 12.5 Å². The number of hydrogen-bond donors (Lipinski definition) is 2. The molecule has 0 spiro atoms. The summed E-state index contributed by atoms with van der Waals surface area (Å²) in [5.41, 5.74) is 0.283. The van der Waals surface area contributed by atoms with Crippen molar-refractivity contribution in [3.8, 4) is 0 Å². The molecule has 2 N–H and O–H groups in total. The average molecular weight is 276 g/mol. The first-order valence-electron chi connectivity index (χ1n) is 6.47. The maximum atomic E-state index is 12.2. The van der Waals surface area contributed by atoms with Crippen molar-refractivity contribution in [3.05, 3.63) is 36.2 Å². The number of pyridine rings is 1. The summed E-state index contributed by atoms with van der Waals surface area (Å²) in [7, 11) is 3.75. The molecule has 108 valence electrons. The van der Waals surface area contributed by atoms with E-state index in [1.54, 1.807) is 17.6 Å². The first-order valence-corrected chi connectivity index (χ1v) is 6.47. The fourth-order valence-corrected chi connectivity index (χ4v) is 2.21. The van der Waals surface area contributed by atoms with Crippen molar-refractivity contribution in [2.24, 2.45) is 0 Å². The van der Waals surface area contributed by atoms with Gasteiger partial charge in [0.15, 0.2) is 0 Å². The molecule has 0 aliphatic carbocycles. The van der Waals surface area contributed by atoms with Gasteiger partial charge in [0.2, 0.25) is 0 Å². The van der Waals surface area contributed by atoms with E-state index in [4.69, 9.17) is 0 Å². The van der Waals surface area contributed by atoms with Crippen LogP contribution in [0.3, 0.4) is 0 Å². The van der Waals surface area contributed by atoms with Gasteiger partial charge >= 0.3 is 0 Å². The second-order valence-electron chi connectivity index (χ2n) is 5.51. The molecular formula is C14H20N4O2. The zero-order chi connectivity index (χ0) is 14.8. The van der Waals surface area contributed by atoms with Gasteiger partial charge in [0.05, 0.1) is 22.9 Å². The number of nitrogens with one attached hydrogen (secondary N) is 1. The predicted molar refractivity (Wildman–Crippen MR) is 76.7 cm³/mol. The summed E-state index contributed by atoms with van der Waals surface area (Å²) in [6.45, 7) is 2.36. The summed E-state index contributed by atoms with van der Waals surface area (Å²) < 4.78 is 1.65. The highest BCUT2D eigenvalue weighted by Crippen LogP contribution is 2.10. The molecule has 0 saturated heterocycles. The Hall–Kier alpha value is -1.92. The lowest BCUT2D eigenvalue weighted by atomic mass is 10.1. The number of fused-ring (bicyclic) bond motifs is 1. The lowest BCUT2D eigenvalue weighted by Gasteiger charge is -2.26. The Morgan fingerprint density at radius 3 is 2.95 bits per heavy atom. The molecular weight excluding hydrogens is 256 g/mol. The molecule has 6 nitrogen and oxygen atoms in total. The SMILES string of the molecule is CN(C)CC(C)(O)CNC(=O)c1cnn2ccccc12. The lowest BCUT2D eigenvalue weighted by Crippen LogP contribution is -2.47. The molecule has 0 fully saturated rings. The van der Waals surface area contributed by atoms with E-state index in [0.717, 1.165) is 5.52 Å². The molecule has 6 heteroatoms. The van der Waals surface area contributed by atoms with Crippen LogP contribution in [0.4, 0.5) is 0 Å². The maximum absolute atomic E-state index is 12.2. The molecule has 1 amide bonds. The van der Waals surface area contributed by atoms with E-state index in [0.29, 0.717) is 12.1 Å². The molecule has 0 aliphatic rings. The van der Waals surface area contributed by atoms with Crippen molar-refractivity contribution in [3.63, 3.8) is 0 Å². The molecule has 2 aromatic rings. The molecule has 2 heterocycles. The van der Waals surface area contributed by atoms with Crippen LogP contribution in [0, 0.1) is 0 Å². The minimum Gasteiger partial charge on any atom is -0.387 e. The number of hydrogen-bond acceptors (Lipinski definition) is 4. The topological polar surface area (TPSA) is 69.9 Å². The summed E-state index contributed by atoms with van der Waals surface area (Å²) in [5, 5.41) is 17.0. The Morgan fingerprint density at radius 2 is 2.25 bits per heavy atom. The number of rotatable bonds is 5. The van der Waals surface area contributed by atoms with Crippen molar-refractivity contribution in [1.29, 1.82) is 0 Å². The monoisotopic (exact) mass is 276 g/mol. The van der Waals surface area contributed by atoms with Gasteiger partial charge in [-0.15, -0.1) is 0 Å². The van der Waals surface area contributed by atoms with Crippen LogP contribution in [0.5, 0.6) is 0 Å². The first kappa shape index (κ1) is 14.5. The highest BCUT2D eigenvalue weighted by molar-refractivity contribution is 6.00. The van der Waals surface area contributed by atoms with Gasteiger partial charge in [0.1, 0.15) is 0 Å². The highest BCUT2D eigenvalue weighted by Gasteiger charge is 2.23.